The number of ether oxygens (including phenoxy) is 1. The van der Waals surface area contributed by atoms with E-state index >= 15 is 0 Å². The highest BCUT2D eigenvalue weighted by Crippen LogP contribution is 2.38. The van der Waals surface area contributed by atoms with Crippen LogP contribution < -0.4 is 11.1 Å². The molecule has 5 N–H and O–H groups in total. The van der Waals surface area contributed by atoms with E-state index < -0.39 is 17.9 Å². The van der Waals surface area contributed by atoms with Crippen LogP contribution in [0.25, 0.3) is 0 Å². The van der Waals surface area contributed by atoms with Crippen molar-refractivity contribution in [2.24, 2.45) is 16.6 Å². The van der Waals surface area contributed by atoms with Gasteiger partial charge in [0.2, 0.25) is 0 Å². The number of nitrogens with two attached hydrogens (primary N) is 1. The SMILES string of the molecule is CSC[C@H]1O[C@@H](N2CCC3C(N)=NCNC32)[C@H](O)[C@]1(C)O. The van der Waals surface area contributed by atoms with E-state index in [9.17, 15) is 10.2 Å². The molecule has 3 heterocycles. The Kier molecular flexibility index (Phi) is 4.19. The van der Waals surface area contributed by atoms with Crippen LogP contribution in [0.2, 0.25) is 0 Å². The number of aliphatic hydroxyl groups is 2. The van der Waals surface area contributed by atoms with E-state index in [0.717, 1.165) is 13.0 Å². The summed E-state index contributed by atoms with van der Waals surface area (Å²) in [5, 5.41) is 24.4. The number of aliphatic hydroxyl groups excluding tert-OH is 1. The molecule has 2 fully saturated rings. The molecule has 3 aliphatic heterocycles. The van der Waals surface area contributed by atoms with Crippen molar-refractivity contribution in [3.63, 3.8) is 0 Å². The standard InChI is InChI=1S/C13H24N4O3S/c1-13(19)8(5-21-2)20-12(9(13)18)17-4-3-7-10(14)15-6-16-11(7)17/h7-9,11-12,16,18-19H,3-6H2,1-2H3,(H2,14,15)/t7?,8-,9+,11?,12-,13-/m1/s1. The summed E-state index contributed by atoms with van der Waals surface area (Å²) in [7, 11) is 0. The fourth-order valence-electron chi connectivity index (χ4n) is 3.50. The Hall–Kier alpha value is -0.380. The van der Waals surface area contributed by atoms with Crippen LogP contribution in [0.1, 0.15) is 13.3 Å². The Morgan fingerprint density at radius 1 is 1.62 bits per heavy atom. The Morgan fingerprint density at radius 3 is 3.10 bits per heavy atom. The highest BCUT2D eigenvalue weighted by atomic mass is 32.2. The molecule has 0 amide bonds. The van der Waals surface area contributed by atoms with E-state index in [1.807, 2.05) is 6.26 Å². The molecular formula is C13H24N4O3S. The summed E-state index contributed by atoms with van der Waals surface area (Å²) in [6, 6.07) is 0. The third-order valence-electron chi connectivity index (χ3n) is 4.85. The fraction of sp³-hybridized carbons (Fsp3) is 0.923. The van der Waals surface area contributed by atoms with E-state index in [1.54, 1.807) is 18.7 Å². The molecule has 2 saturated heterocycles. The normalized spacial score (nSPS) is 47.4. The number of fused-ring (bicyclic) bond motifs is 1. The molecule has 0 bridgehead atoms. The van der Waals surface area contributed by atoms with Crippen molar-refractivity contribution in [1.82, 2.24) is 10.2 Å². The molecule has 0 saturated carbocycles. The molecule has 0 radical (unpaired) electrons. The maximum absolute atomic E-state index is 10.5. The van der Waals surface area contributed by atoms with Gasteiger partial charge < -0.3 is 20.7 Å². The molecular weight excluding hydrogens is 292 g/mol. The molecule has 120 valence electrons. The summed E-state index contributed by atoms with van der Waals surface area (Å²) in [4.78, 5) is 6.30. The van der Waals surface area contributed by atoms with Crippen molar-refractivity contribution >= 4 is 17.6 Å². The average Bonchev–Trinajstić information content (AvgIpc) is 2.95. The zero-order valence-corrected chi connectivity index (χ0v) is 13.2. The summed E-state index contributed by atoms with van der Waals surface area (Å²) < 4.78 is 5.98. The third kappa shape index (κ3) is 2.47. The minimum Gasteiger partial charge on any atom is -0.387 e. The number of hydrogen-bond donors (Lipinski definition) is 4. The number of hydrogen-bond acceptors (Lipinski definition) is 8. The second-order valence-corrected chi connectivity index (χ2v) is 7.08. The fourth-order valence-corrected chi connectivity index (χ4v) is 4.22. The third-order valence-corrected chi connectivity index (χ3v) is 5.48. The van der Waals surface area contributed by atoms with Gasteiger partial charge in [0.25, 0.3) is 0 Å². The Labute approximate surface area is 128 Å². The summed E-state index contributed by atoms with van der Waals surface area (Å²) in [6.07, 6.45) is 1.05. The van der Waals surface area contributed by atoms with Crippen LogP contribution in [0.3, 0.4) is 0 Å². The summed E-state index contributed by atoms with van der Waals surface area (Å²) in [5.74, 6) is 1.47. The van der Waals surface area contributed by atoms with Crippen LogP contribution in [0, 0.1) is 5.92 Å². The highest BCUT2D eigenvalue weighted by Gasteiger charge is 2.56. The Balaban J connectivity index is 1.77. The van der Waals surface area contributed by atoms with Crippen molar-refractivity contribution in [3.05, 3.63) is 0 Å². The lowest BCUT2D eigenvalue weighted by Gasteiger charge is -2.36. The quantitative estimate of drug-likeness (QED) is 0.516. The van der Waals surface area contributed by atoms with E-state index in [1.165, 1.54) is 0 Å². The molecule has 6 atom stereocenters. The van der Waals surface area contributed by atoms with Gasteiger partial charge in [0.15, 0.2) is 0 Å². The number of likely N-dealkylation sites (tertiary alicyclic amines) is 1. The maximum atomic E-state index is 10.5. The molecule has 8 heteroatoms. The van der Waals surface area contributed by atoms with Crippen molar-refractivity contribution in [2.45, 2.75) is 43.5 Å². The topological polar surface area (TPSA) is 103 Å². The summed E-state index contributed by atoms with van der Waals surface area (Å²) in [6.45, 7) is 2.90. The number of nitrogens with one attached hydrogen (secondary N) is 1. The molecule has 2 unspecified atom stereocenters. The summed E-state index contributed by atoms with van der Waals surface area (Å²) >= 11 is 1.60. The second kappa shape index (κ2) is 5.68. The number of aliphatic imine (C=N–C) groups is 1. The van der Waals surface area contributed by atoms with Crippen LogP contribution in [-0.2, 0) is 4.74 Å². The van der Waals surface area contributed by atoms with Crippen LogP contribution in [0.5, 0.6) is 0 Å². The Morgan fingerprint density at radius 2 is 2.38 bits per heavy atom. The molecule has 0 spiro atoms. The number of amidine groups is 1. The predicted octanol–water partition coefficient (Wildman–Crippen LogP) is -1.25. The van der Waals surface area contributed by atoms with Crippen LogP contribution >= 0.6 is 11.8 Å². The first-order valence-electron chi connectivity index (χ1n) is 7.30. The predicted molar refractivity (Wildman–Crippen MR) is 81.9 cm³/mol. The van der Waals surface area contributed by atoms with Gasteiger partial charge in [0.05, 0.1) is 18.9 Å². The van der Waals surface area contributed by atoms with Gasteiger partial charge in [-0.25, -0.2) is 0 Å². The van der Waals surface area contributed by atoms with Crippen LogP contribution in [0.15, 0.2) is 4.99 Å². The smallest absolute Gasteiger partial charge is 0.141 e. The summed E-state index contributed by atoms with van der Waals surface area (Å²) in [5.41, 5.74) is 4.74. The van der Waals surface area contributed by atoms with Gasteiger partial charge in [0, 0.05) is 18.2 Å². The van der Waals surface area contributed by atoms with Gasteiger partial charge in [-0.3, -0.25) is 15.2 Å². The molecule has 3 rings (SSSR count). The average molecular weight is 316 g/mol. The first kappa shape index (κ1) is 15.5. The van der Waals surface area contributed by atoms with Crippen molar-refractivity contribution < 1.29 is 14.9 Å². The zero-order valence-electron chi connectivity index (χ0n) is 12.4. The minimum absolute atomic E-state index is 0.0194. The molecule has 7 nitrogen and oxygen atoms in total. The van der Waals surface area contributed by atoms with E-state index in [0.29, 0.717) is 18.3 Å². The van der Waals surface area contributed by atoms with E-state index in [2.05, 4.69) is 15.2 Å². The van der Waals surface area contributed by atoms with Gasteiger partial charge in [-0.1, -0.05) is 0 Å². The van der Waals surface area contributed by atoms with Gasteiger partial charge in [-0.15, -0.1) is 0 Å². The molecule has 0 aromatic rings. The molecule has 0 aromatic carbocycles. The lowest BCUT2D eigenvalue weighted by atomic mass is 9.95. The van der Waals surface area contributed by atoms with Crippen LogP contribution in [-0.4, -0.2) is 76.4 Å². The number of rotatable bonds is 3. The van der Waals surface area contributed by atoms with Gasteiger partial charge in [-0.2, -0.15) is 11.8 Å². The zero-order chi connectivity index (χ0) is 15.2. The van der Waals surface area contributed by atoms with Gasteiger partial charge >= 0.3 is 0 Å². The van der Waals surface area contributed by atoms with Crippen molar-refractivity contribution in [3.8, 4) is 0 Å². The highest BCUT2D eigenvalue weighted by molar-refractivity contribution is 7.98. The van der Waals surface area contributed by atoms with Gasteiger partial charge in [0.1, 0.15) is 23.8 Å². The van der Waals surface area contributed by atoms with E-state index in [4.69, 9.17) is 10.5 Å². The molecule has 21 heavy (non-hydrogen) atoms. The minimum atomic E-state index is -1.24. The first-order valence-corrected chi connectivity index (χ1v) is 8.70. The van der Waals surface area contributed by atoms with Crippen LogP contribution in [0.4, 0.5) is 0 Å². The second-order valence-electron chi connectivity index (χ2n) is 6.16. The number of thioether (sulfide) groups is 1. The monoisotopic (exact) mass is 316 g/mol. The van der Waals surface area contributed by atoms with Gasteiger partial charge in [-0.05, 0) is 19.6 Å². The number of nitrogens with zero attached hydrogens (tertiary/aromatic N) is 2. The lowest BCUT2D eigenvalue weighted by Crippen LogP contribution is -2.57. The van der Waals surface area contributed by atoms with Crippen molar-refractivity contribution in [1.29, 1.82) is 0 Å². The van der Waals surface area contributed by atoms with E-state index in [-0.39, 0.29) is 18.2 Å². The lowest BCUT2D eigenvalue weighted by molar-refractivity contribution is -0.0991. The molecule has 3 aliphatic rings. The molecule has 0 aliphatic carbocycles. The van der Waals surface area contributed by atoms with Crippen molar-refractivity contribution in [2.75, 3.05) is 25.2 Å². The maximum Gasteiger partial charge on any atom is 0.141 e. The Bertz CT molecular complexity index is 434. The largest absolute Gasteiger partial charge is 0.387 e. The first-order chi connectivity index (χ1) is 9.96. The molecule has 0 aromatic heterocycles.